The van der Waals surface area contributed by atoms with E-state index in [1.54, 1.807) is 0 Å². The van der Waals surface area contributed by atoms with Crippen molar-refractivity contribution in [2.24, 2.45) is 0 Å². The summed E-state index contributed by atoms with van der Waals surface area (Å²) >= 11 is 0. The van der Waals surface area contributed by atoms with E-state index in [1.807, 2.05) is 13.1 Å². The Morgan fingerprint density at radius 2 is 1.77 bits per heavy atom. The number of aliphatic carboxylic acids is 1. The Balaban J connectivity index is 0.000000339. The van der Waals surface area contributed by atoms with Gasteiger partial charge in [-0.15, -0.1) is 0 Å². The molecule has 0 aliphatic carbocycles. The highest BCUT2D eigenvalue weighted by Gasteiger charge is 2.38. The van der Waals surface area contributed by atoms with Crippen LogP contribution in [-0.4, -0.2) is 50.1 Å². The molecule has 0 spiro atoms. The molecule has 0 saturated carbocycles. The lowest BCUT2D eigenvalue weighted by Crippen LogP contribution is -2.36. The highest BCUT2D eigenvalue weighted by molar-refractivity contribution is 5.78. The molecule has 1 aliphatic heterocycles. The number of para-hydroxylation sites is 1. The fourth-order valence-electron chi connectivity index (χ4n) is 3.55. The first-order valence-electron chi connectivity index (χ1n) is 9.66. The summed E-state index contributed by atoms with van der Waals surface area (Å²) in [5.41, 5.74) is 9.13. The van der Waals surface area contributed by atoms with E-state index in [2.05, 4.69) is 55.8 Å². The van der Waals surface area contributed by atoms with Crippen molar-refractivity contribution < 1.29 is 23.1 Å². The average molecular weight is 436 g/mol. The van der Waals surface area contributed by atoms with Crippen molar-refractivity contribution in [1.82, 2.24) is 19.7 Å². The highest BCUT2D eigenvalue weighted by atomic mass is 19.4. The fraction of sp³-hybridized carbons (Fsp3) is 0.400. The zero-order valence-corrected chi connectivity index (χ0v) is 17.1. The van der Waals surface area contributed by atoms with Crippen molar-refractivity contribution in [2.45, 2.75) is 38.9 Å². The molecule has 4 rings (SSSR count). The fourth-order valence-corrected chi connectivity index (χ4v) is 3.55. The molecule has 11 heteroatoms. The number of carboxylic acid groups (broad SMARTS) is 1. The molecule has 1 saturated heterocycles. The number of piperidine rings is 1. The monoisotopic (exact) mass is 436 g/mol. The van der Waals surface area contributed by atoms with Crippen LogP contribution in [-0.2, 0) is 4.79 Å². The van der Waals surface area contributed by atoms with Gasteiger partial charge in [0.1, 0.15) is 5.82 Å². The van der Waals surface area contributed by atoms with Gasteiger partial charge in [0.05, 0.1) is 17.8 Å². The van der Waals surface area contributed by atoms with Crippen LogP contribution in [0.1, 0.15) is 30.1 Å². The van der Waals surface area contributed by atoms with E-state index in [9.17, 15) is 13.2 Å². The Hall–Kier alpha value is -3.37. The van der Waals surface area contributed by atoms with Crippen LogP contribution in [0.4, 0.5) is 24.9 Å². The molecule has 1 fully saturated rings. The van der Waals surface area contributed by atoms with Crippen molar-refractivity contribution in [3.63, 3.8) is 0 Å². The maximum atomic E-state index is 10.6. The van der Waals surface area contributed by atoms with Crippen LogP contribution in [0.25, 0.3) is 10.9 Å². The zero-order chi connectivity index (χ0) is 22.8. The zero-order valence-electron chi connectivity index (χ0n) is 17.1. The lowest BCUT2D eigenvalue weighted by molar-refractivity contribution is -0.192. The van der Waals surface area contributed by atoms with Crippen molar-refractivity contribution in [1.29, 1.82) is 0 Å². The Morgan fingerprint density at radius 1 is 1.16 bits per heavy atom. The average Bonchev–Trinajstić information content (AvgIpc) is 3.15. The van der Waals surface area contributed by atoms with Gasteiger partial charge in [0.25, 0.3) is 0 Å². The maximum Gasteiger partial charge on any atom is 0.490 e. The first-order chi connectivity index (χ1) is 14.6. The summed E-state index contributed by atoms with van der Waals surface area (Å²) in [7, 11) is 0. The van der Waals surface area contributed by atoms with Gasteiger partial charge in [0, 0.05) is 29.7 Å². The molecule has 0 bridgehead atoms. The molecule has 0 radical (unpaired) electrons. The van der Waals surface area contributed by atoms with Gasteiger partial charge in [-0.2, -0.15) is 23.3 Å². The van der Waals surface area contributed by atoms with E-state index in [-0.39, 0.29) is 0 Å². The lowest BCUT2D eigenvalue weighted by atomic mass is 10.0. The molecule has 0 atom stereocenters. The molecule has 1 aromatic carbocycles. The summed E-state index contributed by atoms with van der Waals surface area (Å²) in [4.78, 5) is 19.9. The third-order valence-corrected chi connectivity index (χ3v) is 5.24. The molecule has 0 amide bonds. The Kier molecular flexibility index (Phi) is 6.32. The van der Waals surface area contributed by atoms with Crippen LogP contribution in [0.15, 0.2) is 30.5 Å². The number of carboxylic acids is 1. The molecular weight excluding hydrogens is 413 g/mol. The number of nitrogens with two attached hydrogens (primary N) is 1. The summed E-state index contributed by atoms with van der Waals surface area (Å²) in [6.45, 7) is 5.96. The number of rotatable bonds is 2. The van der Waals surface area contributed by atoms with E-state index in [1.165, 1.54) is 10.9 Å². The van der Waals surface area contributed by atoms with Gasteiger partial charge in [0.2, 0.25) is 5.95 Å². The molecular formula is C20H23F3N6O2. The number of nitrogen functional groups attached to an aromatic ring is 1. The van der Waals surface area contributed by atoms with Crippen LogP contribution in [0.3, 0.4) is 0 Å². The predicted octanol–water partition coefficient (Wildman–Crippen LogP) is 3.50. The van der Waals surface area contributed by atoms with Crippen LogP contribution in [0, 0.1) is 13.8 Å². The summed E-state index contributed by atoms with van der Waals surface area (Å²) in [6, 6.07) is 8.83. The SMILES string of the molecule is Cc1nc(N)nc(N2CCC(n3ncc4ccccc43)CC2)c1C.O=C(O)C(F)(F)F. The smallest absolute Gasteiger partial charge is 0.475 e. The van der Waals surface area contributed by atoms with Crippen LogP contribution >= 0.6 is 0 Å². The van der Waals surface area contributed by atoms with Gasteiger partial charge >= 0.3 is 12.1 Å². The quantitative estimate of drug-likeness (QED) is 0.633. The van der Waals surface area contributed by atoms with E-state index in [4.69, 9.17) is 15.6 Å². The summed E-state index contributed by atoms with van der Waals surface area (Å²) < 4.78 is 33.9. The van der Waals surface area contributed by atoms with Crippen LogP contribution < -0.4 is 10.6 Å². The second-order valence-electron chi connectivity index (χ2n) is 7.28. The number of anilines is 2. The number of benzene rings is 1. The van der Waals surface area contributed by atoms with Crippen molar-refractivity contribution in [3.8, 4) is 0 Å². The normalized spacial score (nSPS) is 14.9. The van der Waals surface area contributed by atoms with Crippen molar-refractivity contribution in [2.75, 3.05) is 23.7 Å². The number of carbonyl (C=O) groups is 1. The summed E-state index contributed by atoms with van der Waals surface area (Å²) in [5, 5.41) is 12.9. The topological polar surface area (TPSA) is 110 Å². The Labute approximate surface area is 176 Å². The van der Waals surface area contributed by atoms with Gasteiger partial charge in [-0.1, -0.05) is 18.2 Å². The van der Waals surface area contributed by atoms with Gasteiger partial charge in [-0.05, 0) is 32.8 Å². The number of hydrogen-bond acceptors (Lipinski definition) is 6. The minimum atomic E-state index is -5.08. The molecule has 8 nitrogen and oxygen atoms in total. The Bertz CT molecular complexity index is 1070. The number of nitrogens with zero attached hydrogens (tertiary/aromatic N) is 5. The third-order valence-electron chi connectivity index (χ3n) is 5.24. The second kappa shape index (κ2) is 8.78. The van der Waals surface area contributed by atoms with Crippen molar-refractivity contribution >= 4 is 28.6 Å². The van der Waals surface area contributed by atoms with E-state index >= 15 is 0 Å². The first kappa shape index (κ1) is 22.3. The molecule has 0 unspecified atom stereocenters. The van der Waals surface area contributed by atoms with Gasteiger partial charge in [-0.3, -0.25) is 4.68 Å². The predicted molar refractivity (Wildman–Crippen MR) is 110 cm³/mol. The molecule has 3 heterocycles. The number of halogens is 3. The van der Waals surface area contributed by atoms with Gasteiger partial charge < -0.3 is 15.7 Å². The second-order valence-corrected chi connectivity index (χ2v) is 7.28. The molecule has 1 aliphatic rings. The highest BCUT2D eigenvalue weighted by Crippen LogP contribution is 2.30. The largest absolute Gasteiger partial charge is 0.490 e. The van der Waals surface area contributed by atoms with Gasteiger partial charge in [-0.25, -0.2) is 9.78 Å². The molecule has 2 aromatic heterocycles. The third kappa shape index (κ3) is 5.04. The lowest BCUT2D eigenvalue weighted by Gasteiger charge is -2.34. The molecule has 31 heavy (non-hydrogen) atoms. The van der Waals surface area contributed by atoms with E-state index in [0.717, 1.165) is 43.0 Å². The number of aromatic nitrogens is 4. The maximum absolute atomic E-state index is 10.6. The first-order valence-corrected chi connectivity index (χ1v) is 9.66. The number of fused-ring (bicyclic) bond motifs is 1. The number of aryl methyl sites for hydroxylation is 1. The minimum Gasteiger partial charge on any atom is -0.475 e. The van der Waals surface area contributed by atoms with E-state index < -0.39 is 12.1 Å². The van der Waals surface area contributed by atoms with Crippen LogP contribution in [0.2, 0.25) is 0 Å². The molecule has 3 N–H and O–H groups in total. The summed E-state index contributed by atoms with van der Waals surface area (Å²) in [6.07, 6.45) is -1.03. The molecule has 3 aromatic rings. The molecule has 166 valence electrons. The number of hydrogen-bond donors (Lipinski definition) is 2. The summed E-state index contributed by atoms with van der Waals surface area (Å²) in [5.74, 6) is -1.43. The Morgan fingerprint density at radius 3 is 2.39 bits per heavy atom. The number of alkyl halides is 3. The van der Waals surface area contributed by atoms with Crippen molar-refractivity contribution in [3.05, 3.63) is 41.7 Å². The standard InChI is InChI=1S/C18H22N6.C2HF3O2/c1-12-13(2)21-18(19)22-17(12)23-9-7-15(8-10-23)24-16-6-4-3-5-14(16)11-20-24;3-2(4,5)1(6)7/h3-6,11,15H,7-10H2,1-2H3,(H2,19,21,22);(H,6,7). The van der Waals surface area contributed by atoms with Crippen LogP contribution in [0.5, 0.6) is 0 Å². The van der Waals surface area contributed by atoms with E-state index in [0.29, 0.717) is 12.0 Å². The van der Waals surface area contributed by atoms with Gasteiger partial charge in [0.15, 0.2) is 0 Å². The minimum absolute atomic E-state index is 0.355.